The van der Waals surface area contributed by atoms with Crippen LogP contribution in [0.4, 0.5) is 0 Å². The molecule has 0 aromatic heterocycles. The molecule has 0 saturated carbocycles. The van der Waals surface area contributed by atoms with Crippen LogP contribution in [0.1, 0.15) is 65.1 Å². The van der Waals surface area contributed by atoms with E-state index in [0.29, 0.717) is 24.3 Å². The molecule has 21 heavy (non-hydrogen) atoms. The molecule has 116 valence electrons. The fraction of sp³-hybridized carbons (Fsp3) is 0.529. The van der Waals surface area contributed by atoms with Crippen LogP contribution in [0.3, 0.4) is 0 Å². The molecule has 0 aliphatic carbocycles. The van der Waals surface area contributed by atoms with Gasteiger partial charge in [0.25, 0.3) is 0 Å². The summed E-state index contributed by atoms with van der Waals surface area (Å²) in [6.45, 7) is 9.85. The maximum atomic E-state index is 11.5. The standard InChI is InChI=1S/C17H24O4/c1-9(2)6-12-11(5)8-14(16(18)19)15(17(20)21)13(12)7-10(3)4/h8-10H,6-7H2,1-5H3,(H,18,19)(H,20,21)/p-2. The Labute approximate surface area is 125 Å². The van der Waals surface area contributed by atoms with Gasteiger partial charge in [-0.2, -0.15) is 0 Å². The number of aromatic carboxylic acids is 2. The van der Waals surface area contributed by atoms with Crippen molar-refractivity contribution in [3.05, 3.63) is 33.9 Å². The van der Waals surface area contributed by atoms with Crippen LogP contribution in [0.15, 0.2) is 6.07 Å². The van der Waals surface area contributed by atoms with Crippen molar-refractivity contribution >= 4 is 11.9 Å². The molecule has 0 saturated heterocycles. The minimum atomic E-state index is -1.47. The number of carboxylic acids is 2. The molecular weight excluding hydrogens is 268 g/mol. The monoisotopic (exact) mass is 290 g/mol. The van der Waals surface area contributed by atoms with E-state index < -0.39 is 11.9 Å². The molecule has 0 aliphatic heterocycles. The van der Waals surface area contributed by atoms with Crippen LogP contribution in [0.25, 0.3) is 0 Å². The van der Waals surface area contributed by atoms with Crippen LogP contribution in [0.2, 0.25) is 0 Å². The normalized spacial score (nSPS) is 11.2. The zero-order valence-electron chi connectivity index (χ0n) is 13.3. The van der Waals surface area contributed by atoms with E-state index >= 15 is 0 Å². The molecule has 0 unspecified atom stereocenters. The Morgan fingerprint density at radius 2 is 1.43 bits per heavy atom. The van der Waals surface area contributed by atoms with Crippen molar-refractivity contribution in [2.75, 3.05) is 0 Å². The summed E-state index contributed by atoms with van der Waals surface area (Å²) in [5.74, 6) is -2.36. The molecule has 0 aliphatic rings. The van der Waals surface area contributed by atoms with Crippen molar-refractivity contribution in [3.8, 4) is 0 Å². The van der Waals surface area contributed by atoms with Crippen LogP contribution in [-0.2, 0) is 12.8 Å². The third-order valence-electron chi connectivity index (χ3n) is 3.42. The Balaban J connectivity index is 3.68. The Morgan fingerprint density at radius 1 is 0.952 bits per heavy atom. The van der Waals surface area contributed by atoms with E-state index in [1.165, 1.54) is 6.07 Å². The van der Waals surface area contributed by atoms with Crippen molar-refractivity contribution in [3.63, 3.8) is 0 Å². The van der Waals surface area contributed by atoms with Gasteiger partial charge in [-0.25, -0.2) is 0 Å². The molecule has 0 N–H and O–H groups in total. The van der Waals surface area contributed by atoms with Gasteiger partial charge in [0.1, 0.15) is 0 Å². The summed E-state index contributed by atoms with van der Waals surface area (Å²) >= 11 is 0. The average molecular weight is 290 g/mol. The second-order valence-corrected chi connectivity index (χ2v) is 6.34. The first-order valence-corrected chi connectivity index (χ1v) is 7.23. The number of carbonyl (C=O) groups is 2. The first-order chi connectivity index (χ1) is 9.65. The Morgan fingerprint density at radius 3 is 1.81 bits per heavy atom. The fourth-order valence-electron chi connectivity index (χ4n) is 2.65. The van der Waals surface area contributed by atoms with Crippen molar-refractivity contribution < 1.29 is 19.8 Å². The van der Waals surface area contributed by atoms with Crippen LogP contribution in [0.5, 0.6) is 0 Å². The second-order valence-electron chi connectivity index (χ2n) is 6.34. The largest absolute Gasteiger partial charge is 0.545 e. The van der Waals surface area contributed by atoms with Gasteiger partial charge in [0.2, 0.25) is 0 Å². The second kappa shape index (κ2) is 6.74. The fourth-order valence-corrected chi connectivity index (χ4v) is 2.65. The molecule has 0 fully saturated rings. The van der Waals surface area contributed by atoms with E-state index in [9.17, 15) is 19.8 Å². The number of aryl methyl sites for hydroxylation is 1. The van der Waals surface area contributed by atoms with Crippen LogP contribution in [0, 0.1) is 18.8 Å². The summed E-state index contributed by atoms with van der Waals surface area (Å²) < 4.78 is 0. The highest BCUT2D eigenvalue weighted by atomic mass is 16.4. The third kappa shape index (κ3) is 4.06. The van der Waals surface area contributed by atoms with Crippen LogP contribution < -0.4 is 10.2 Å². The molecule has 0 radical (unpaired) electrons. The van der Waals surface area contributed by atoms with Crippen molar-refractivity contribution in [2.45, 2.75) is 47.5 Å². The average Bonchev–Trinajstić information content (AvgIpc) is 2.31. The molecule has 4 heteroatoms. The Bertz CT molecular complexity index is 556. The van der Waals surface area contributed by atoms with E-state index in [-0.39, 0.29) is 17.0 Å². The molecule has 4 nitrogen and oxygen atoms in total. The summed E-state index contributed by atoms with van der Waals surface area (Å²) in [7, 11) is 0. The molecule has 1 aromatic rings. The number of benzene rings is 1. The van der Waals surface area contributed by atoms with Gasteiger partial charge in [0.05, 0.1) is 11.9 Å². The molecule has 0 amide bonds. The zero-order chi connectivity index (χ0) is 16.3. The topological polar surface area (TPSA) is 80.3 Å². The predicted molar refractivity (Wildman–Crippen MR) is 76.9 cm³/mol. The van der Waals surface area contributed by atoms with Gasteiger partial charge in [-0.05, 0) is 54.4 Å². The number of rotatable bonds is 6. The van der Waals surface area contributed by atoms with Gasteiger partial charge in [0, 0.05) is 11.1 Å². The molecule has 1 aromatic carbocycles. The summed E-state index contributed by atoms with van der Waals surface area (Å²) in [6.07, 6.45) is 1.22. The quantitative estimate of drug-likeness (QED) is 0.786. The highest BCUT2D eigenvalue weighted by molar-refractivity contribution is 6.01. The summed E-state index contributed by atoms with van der Waals surface area (Å²) in [4.78, 5) is 22.7. The van der Waals surface area contributed by atoms with Crippen LogP contribution >= 0.6 is 0 Å². The van der Waals surface area contributed by atoms with Crippen molar-refractivity contribution in [1.82, 2.24) is 0 Å². The molecular formula is C17H22O4-2. The lowest BCUT2D eigenvalue weighted by Gasteiger charge is -2.24. The number of carbonyl (C=O) groups excluding carboxylic acids is 2. The van der Waals surface area contributed by atoms with Crippen molar-refractivity contribution in [1.29, 1.82) is 0 Å². The SMILES string of the molecule is Cc1cc(C(=O)[O-])c(C(=O)[O-])c(CC(C)C)c1CC(C)C. The lowest BCUT2D eigenvalue weighted by Crippen LogP contribution is -2.32. The zero-order valence-corrected chi connectivity index (χ0v) is 13.3. The smallest absolute Gasteiger partial charge is 0.0724 e. The molecule has 1 rings (SSSR count). The summed E-state index contributed by atoms with van der Waals surface area (Å²) in [6, 6.07) is 1.39. The highest BCUT2D eigenvalue weighted by Crippen LogP contribution is 2.27. The maximum absolute atomic E-state index is 11.5. The van der Waals surface area contributed by atoms with Crippen molar-refractivity contribution in [2.24, 2.45) is 11.8 Å². The highest BCUT2D eigenvalue weighted by Gasteiger charge is 2.19. The molecule has 0 spiro atoms. The van der Waals surface area contributed by atoms with Gasteiger partial charge in [0.15, 0.2) is 0 Å². The number of hydrogen-bond acceptors (Lipinski definition) is 4. The Hall–Kier alpha value is -1.84. The lowest BCUT2D eigenvalue weighted by atomic mass is 9.84. The first kappa shape index (κ1) is 17.2. The Kier molecular flexibility index (Phi) is 5.53. The predicted octanol–water partition coefficient (Wildman–Crippen LogP) is 1.12. The van der Waals surface area contributed by atoms with Gasteiger partial charge in [-0.15, -0.1) is 0 Å². The van der Waals surface area contributed by atoms with E-state index in [4.69, 9.17) is 0 Å². The minimum Gasteiger partial charge on any atom is -0.545 e. The minimum absolute atomic E-state index is 0.213. The van der Waals surface area contributed by atoms with E-state index in [1.54, 1.807) is 0 Å². The van der Waals surface area contributed by atoms with Gasteiger partial charge in [-0.3, -0.25) is 0 Å². The molecule has 0 bridgehead atoms. The number of carboxylic acid groups (broad SMARTS) is 2. The third-order valence-corrected chi connectivity index (χ3v) is 3.42. The van der Waals surface area contributed by atoms with E-state index in [1.807, 2.05) is 34.6 Å². The van der Waals surface area contributed by atoms with Gasteiger partial charge < -0.3 is 19.8 Å². The summed E-state index contributed by atoms with van der Waals surface area (Å²) in [5, 5.41) is 22.7. The maximum Gasteiger partial charge on any atom is 0.0724 e. The summed E-state index contributed by atoms with van der Waals surface area (Å²) in [5.41, 5.74) is 1.80. The van der Waals surface area contributed by atoms with E-state index in [2.05, 4.69) is 0 Å². The van der Waals surface area contributed by atoms with Gasteiger partial charge >= 0.3 is 0 Å². The number of hydrogen-bond donors (Lipinski definition) is 0. The first-order valence-electron chi connectivity index (χ1n) is 7.23. The van der Waals surface area contributed by atoms with E-state index in [0.717, 1.165) is 11.1 Å². The molecule has 0 atom stereocenters. The van der Waals surface area contributed by atoms with Gasteiger partial charge in [-0.1, -0.05) is 27.7 Å². The molecule has 0 heterocycles. The lowest BCUT2D eigenvalue weighted by molar-refractivity contribution is -0.259. The van der Waals surface area contributed by atoms with Crippen LogP contribution in [-0.4, -0.2) is 11.9 Å².